The highest BCUT2D eigenvalue weighted by molar-refractivity contribution is 6.18. The van der Waals surface area contributed by atoms with E-state index in [1.54, 1.807) is 18.3 Å². The summed E-state index contributed by atoms with van der Waals surface area (Å²) >= 11 is 5.98. The van der Waals surface area contributed by atoms with E-state index < -0.39 is 0 Å². The Morgan fingerprint density at radius 3 is 2.78 bits per heavy atom. The highest BCUT2D eigenvalue weighted by Gasteiger charge is 2.24. The molecule has 1 heterocycles. The van der Waals surface area contributed by atoms with E-state index in [9.17, 15) is 4.79 Å². The van der Waals surface area contributed by atoms with Gasteiger partial charge in [0.25, 0.3) is 5.91 Å². The predicted molar refractivity (Wildman–Crippen MR) is 72.7 cm³/mol. The number of carbonyl (C=O) groups is 1. The Labute approximate surface area is 113 Å². The average Bonchev–Trinajstić information content (AvgIpc) is 2.46. The second-order valence-electron chi connectivity index (χ2n) is 4.88. The molecule has 3 nitrogen and oxygen atoms in total. The third kappa shape index (κ3) is 3.45. The van der Waals surface area contributed by atoms with E-state index in [0.29, 0.717) is 30.0 Å². The van der Waals surface area contributed by atoms with Crippen molar-refractivity contribution in [3.63, 3.8) is 0 Å². The van der Waals surface area contributed by atoms with Crippen LogP contribution >= 0.6 is 11.6 Å². The summed E-state index contributed by atoms with van der Waals surface area (Å²) in [5.74, 6) is 1.67. The smallest absolute Gasteiger partial charge is 0.269 e. The van der Waals surface area contributed by atoms with Gasteiger partial charge in [-0.3, -0.25) is 9.78 Å². The van der Waals surface area contributed by atoms with Crippen LogP contribution in [0.15, 0.2) is 24.4 Å². The van der Waals surface area contributed by atoms with Gasteiger partial charge in [0.15, 0.2) is 0 Å². The van der Waals surface area contributed by atoms with E-state index in [1.807, 2.05) is 6.07 Å². The number of hydrogen-bond acceptors (Lipinski definition) is 2. The van der Waals surface area contributed by atoms with Gasteiger partial charge in [0.1, 0.15) is 5.69 Å². The third-order valence-electron chi connectivity index (χ3n) is 3.69. The van der Waals surface area contributed by atoms with Crippen LogP contribution in [0.4, 0.5) is 0 Å². The predicted octanol–water partition coefficient (Wildman–Crippen LogP) is 2.86. The highest BCUT2D eigenvalue weighted by atomic mass is 35.5. The van der Waals surface area contributed by atoms with E-state index in [0.717, 1.165) is 0 Å². The number of carbonyl (C=O) groups excluding carboxylic acids is 1. The molecule has 0 bridgehead atoms. The summed E-state index contributed by atoms with van der Waals surface area (Å²) in [6.07, 6.45) is 6.50. The largest absolute Gasteiger partial charge is 0.350 e. The normalized spacial score (nSPS) is 23.6. The first-order valence-corrected chi connectivity index (χ1v) is 7.10. The van der Waals surface area contributed by atoms with Crippen LogP contribution in [0.5, 0.6) is 0 Å². The molecule has 1 amide bonds. The fraction of sp³-hybridized carbons (Fsp3) is 0.571. The van der Waals surface area contributed by atoms with Gasteiger partial charge in [-0.25, -0.2) is 0 Å². The van der Waals surface area contributed by atoms with Gasteiger partial charge < -0.3 is 5.32 Å². The van der Waals surface area contributed by atoms with Crippen molar-refractivity contribution in [2.24, 2.45) is 11.8 Å². The monoisotopic (exact) mass is 266 g/mol. The summed E-state index contributed by atoms with van der Waals surface area (Å²) in [6, 6.07) is 5.36. The maximum Gasteiger partial charge on any atom is 0.269 e. The minimum absolute atomic E-state index is 0.0884. The van der Waals surface area contributed by atoms with Crippen molar-refractivity contribution in [3.8, 4) is 0 Å². The van der Waals surface area contributed by atoms with Crippen molar-refractivity contribution in [1.82, 2.24) is 10.3 Å². The number of nitrogens with zero attached hydrogens (tertiary/aromatic N) is 1. The lowest BCUT2D eigenvalue weighted by atomic mass is 9.80. The first kappa shape index (κ1) is 13.3. The molecule has 0 aliphatic heterocycles. The molecule has 1 aromatic heterocycles. The number of nitrogens with one attached hydrogen (secondary N) is 1. The van der Waals surface area contributed by atoms with E-state index in [-0.39, 0.29) is 5.91 Å². The standard InChI is InChI=1S/C14H19ClN2O/c15-9-11-5-1-2-6-12(11)10-17-14(18)13-7-3-4-8-16-13/h3-4,7-8,11-12H,1-2,5-6,9-10H2,(H,17,18). The fourth-order valence-electron chi connectivity index (χ4n) is 2.57. The maximum atomic E-state index is 11.9. The molecule has 0 spiro atoms. The van der Waals surface area contributed by atoms with E-state index in [1.165, 1.54) is 25.7 Å². The summed E-state index contributed by atoms with van der Waals surface area (Å²) in [5, 5.41) is 2.97. The van der Waals surface area contributed by atoms with Gasteiger partial charge in [-0.1, -0.05) is 18.9 Å². The Morgan fingerprint density at radius 1 is 1.33 bits per heavy atom. The summed E-state index contributed by atoms with van der Waals surface area (Å²) in [4.78, 5) is 15.9. The zero-order chi connectivity index (χ0) is 12.8. The molecule has 1 aliphatic rings. The van der Waals surface area contributed by atoms with Crippen LogP contribution in [-0.4, -0.2) is 23.3 Å². The minimum atomic E-state index is -0.0884. The van der Waals surface area contributed by atoms with Crippen LogP contribution in [0.25, 0.3) is 0 Å². The Bertz CT molecular complexity index is 383. The number of aromatic nitrogens is 1. The van der Waals surface area contributed by atoms with Crippen LogP contribution in [0.3, 0.4) is 0 Å². The molecular weight excluding hydrogens is 248 g/mol. The number of rotatable bonds is 4. The van der Waals surface area contributed by atoms with Crippen LogP contribution < -0.4 is 5.32 Å². The van der Waals surface area contributed by atoms with Gasteiger partial charge in [-0.15, -0.1) is 11.6 Å². The van der Waals surface area contributed by atoms with E-state index in [2.05, 4.69) is 10.3 Å². The number of hydrogen-bond donors (Lipinski definition) is 1. The lowest BCUT2D eigenvalue weighted by Gasteiger charge is -2.30. The Hall–Kier alpha value is -1.09. The number of alkyl halides is 1. The van der Waals surface area contributed by atoms with Crippen molar-refractivity contribution >= 4 is 17.5 Å². The van der Waals surface area contributed by atoms with Gasteiger partial charge in [0.05, 0.1) is 0 Å². The molecule has 0 aromatic carbocycles. The van der Waals surface area contributed by atoms with Gasteiger partial charge in [0.2, 0.25) is 0 Å². The molecule has 1 saturated carbocycles. The first-order valence-electron chi connectivity index (χ1n) is 6.56. The Kier molecular flexibility index (Phi) is 5.00. The summed E-state index contributed by atoms with van der Waals surface area (Å²) in [6.45, 7) is 0.715. The molecule has 18 heavy (non-hydrogen) atoms. The lowest BCUT2D eigenvalue weighted by Crippen LogP contribution is -2.35. The highest BCUT2D eigenvalue weighted by Crippen LogP contribution is 2.30. The van der Waals surface area contributed by atoms with Crippen molar-refractivity contribution in [1.29, 1.82) is 0 Å². The topological polar surface area (TPSA) is 42.0 Å². The van der Waals surface area contributed by atoms with Crippen LogP contribution in [0, 0.1) is 11.8 Å². The third-order valence-corrected chi connectivity index (χ3v) is 4.08. The second kappa shape index (κ2) is 6.74. The summed E-state index contributed by atoms with van der Waals surface area (Å²) < 4.78 is 0. The molecule has 1 fully saturated rings. The Morgan fingerprint density at radius 2 is 2.11 bits per heavy atom. The zero-order valence-electron chi connectivity index (χ0n) is 10.4. The molecule has 2 rings (SSSR count). The number of amides is 1. The van der Waals surface area contributed by atoms with Crippen molar-refractivity contribution in [2.75, 3.05) is 12.4 Å². The average molecular weight is 267 g/mol. The van der Waals surface area contributed by atoms with Crippen molar-refractivity contribution in [3.05, 3.63) is 30.1 Å². The Balaban J connectivity index is 1.85. The van der Waals surface area contributed by atoms with Crippen molar-refractivity contribution < 1.29 is 4.79 Å². The first-order chi connectivity index (χ1) is 8.81. The van der Waals surface area contributed by atoms with Gasteiger partial charge >= 0.3 is 0 Å². The van der Waals surface area contributed by atoms with Gasteiger partial charge in [-0.2, -0.15) is 0 Å². The van der Waals surface area contributed by atoms with E-state index >= 15 is 0 Å². The molecular formula is C14H19ClN2O. The van der Waals surface area contributed by atoms with E-state index in [4.69, 9.17) is 11.6 Å². The SMILES string of the molecule is O=C(NCC1CCCCC1CCl)c1ccccn1. The van der Waals surface area contributed by atoms with Crippen LogP contribution in [-0.2, 0) is 0 Å². The zero-order valence-corrected chi connectivity index (χ0v) is 11.2. The van der Waals surface area contributed by atoms with Crippen molar-refractivity contribution in [2.45, 2.75) is 25.7 Å². The number of halogens is 1. The van der Waals surface area contributed by atoms with Crippen LogP contribution in [0.2, 0.25) is 0 Å². The van der Waals surface area contributed by atoms with Gasteiger partial charge in [0, 0.05) is 18.6 Å². The molecule has 1 aliphatic carbocycles. The molecule has 4 heteroatoms. The maximum absolute atomic E-state index is 11.9. The molecule has 1 N–H and O–H groups in total. The quantitative estimate of drug-likeness (QED) is 0.852. The van der Waals surface area contributed by atoms with Gasteiger partial charge in [-0.05, 0) is 36.8 Å². The lowest BCUT2D eigenvalue weighted by molar-refractivity contribution is 0.0931. The van der Waals surface area contributed by atoms with Crippen LogP contribution in [0.1, 0.15) is 36.2 Å². The molecule has 0 saturated heterocycles. The molecule has 98 valence electrons. The molecule has 2 unspecified atom stereocenters. The summed E-state index contributed by atoms with van der Waals surface area (Å²) in [5.41, 5.74) is 0.482. The number of pyridine rings is 1. The molecule has 0 radical (unpaired) electrons. The molecule has 2 atom stereocenters. The summed E-state index contributed by atoms with van der Waals surface area (Å²) in [7, 11) is 0. The minimum Gasteiger partial charge on any atom is -0.350 e. The fourth-order valence-corrected chi connectivity index (χ4v) is 2.97. The second-order valence-corrected chi connectivity index (χ2v) is 5.19. The molecule has 1 aromatic rings.